The Morgan fingerprint density at radius 1 is 1.15 bits per heavy atom. The summed E-state index contributed by atoms with van der Waals surface area (Å²) in [5, 5.41) is 13.9. The first-order chi connectivity index (χ1) is 9.65. The van der Waals surface area contributed by atoms with Crippen molar-refractivity contribution in [1.29, 1.82) is 0 Å². The molecule has 2 aromatic rings. The molecule has 0 heterocycles. The van der Waals surface area contributed by atoms with Crippen molar-refractivity contribution in [3.8, 4) is 0 Å². The number of halogens is 1. The van der Waals surface area contributed by atoms with Gasteiger partial charge in [0.05, 0.1) is 0 Å². The largest absolute Gasteiger partial charge is 0.465 e. The molecule has 0 spiro atoms. The van der Waals surface area contributed by atoms with Gasteiger partial charge < -0.3 is 10.4 Å². The molecule has 0 atom stereocenters. The molecule has 0 radical (unpaired) electrons. The zero-order valence-corrected chi connectivity index (χ0v) is 12.5. The van der Waals surface area contributed by atoms with E-state index < -0.39 is 6.09 Å². The second kappa shape index (κ2) is 7.41. The third kappa shape index (κ3) is 4.62. The summed E-state index contributed by atoms with van der Waals surface area (Å²) < 4.78 is 0. The van der Waals surface area contributed by atoms with E-state index in [1.54, 1.807) is 11.8 Å². The highest BCUT2D eigenvalue weighted by Crippen LogP contribution is 2.26. The van der Waals surface area contributed by atoms with Crippen molar-refractivity contribution in [1.82, 2.24) is 5.32 Å². The van der Waals surface area contributed by atoms with E-state index in [9.17, 15) is 4.79 Å². The highest BCUT2D eigenvalue weighted by atomic mass is 35.5. The minimum absolute atomic E-state index is 0.520. The second-order valence-corrected chi connectivity index (χ2v) is 6.05. The number of carbonyl (C=O) groups is 1. The molecule has 2 N–H and O–H groups in total. The molecule has 3 nitrogen and oxygen atoms in total. The van der Waals surface area contributed by atoms with Crippen molar-refractivity contribution in [2.24, 2.45) is 0 Å². The van der Waals surface area contributed by atoms with Crippen LogP contribution in [0.1, 0.15) is 12.8 Å². The summed E-state index contributed by atoms with van der Waals surface area (Å²) in [5.74, 6) is 0.987. The third-order valence-corrected chi connectivity index (χ3v) is 4.20. The molecule has 0 aromatic heterocycles. The maximum absolute atomic E-state index is 10.3. The molecule has 0 aliphatic heterocycles. The average molecular weight is 310 g/mol. The Balaban J connectivity index is 1.81. The van der Waals surface area contributed by atoms with E-state index in [-0.39, 0.29) is 0 Å². The first-order valence-electron chi connectivity index (χ1n) is 6.44. The molecule has 0 unspecified atom stereocenters. The number of unbranched alkanes of at least 4 members (excludes halogenated alkanes) is 1. The predicted molar refractivity (Wildman–Crippen MR) is 84.9 cm³/mol. The minimum atomic E-state index is -0.953. The van der Waals surface area contributed by atoms with Crippen LogP contribution in [0.4, 0.5) is 4.79 Å². The number of thioether (sulfide) groups is 1. The lowest BCUT2D eigenvalue weighted by molar-refractivity contribution is 0.194. The minimum Gasteiger partial charge on any atom is -0.465 e. The van der Waals surface area contributed by atoms with Crippen LogP contribution in [0.25, 0.3) is 10.8 Å². The molecule has 106 valence electrons. The van der Waals surface area contributed by atoms with Gasteiger partial charge in [-0.2, -0.15) is 0 Å². The lowest BCUT2D eigenvalue weighted by Gasteiger charge is -2.05. The van der Waals surface area contributed by atoms with Gasteiger partial charge in [0.1, 0.15) is 0 Å². The number of nitrogens with one attached hydrogen (secondary N) is 1. The average Bonchev–Trinajstić information content (AvgIpc) is 2.42. The van der Waals surface area contributed by atoms with Crippen molar-refractivity contribution in [3.05, 3.63) is 41.4 Å². The molecule has 0 saturated heterocycles. The number of hydrogen-bond acceptors (Lipinski definition) is 2. The molecular weight excluding hydrogens is 294 g/mol. The standard InChI is InChI=1S/C15H16ClNO2S/c16-13-5-3-12-10-14(6-4-11(12)9-13)20-8-2-1-7-17-15(18)19/h3-6,9-10,17H,1-2,7-8H2,(H,18,19). The van der Waals surface area contributed by atoms with E-state index in [4.69, 9.17) is 16.7 Å². The van der Waals surface area contributed by atoms with Crippen LogP contribution < -0.4 is 5.32 Å². The Labute approximate surface area is 127 Å². The summed E-state index contributed by atoms with van der Waals surface area (Å²) in [6.45, 7) is 0.520. The molecule has 0 bridgehead atoms. The lowest BCUT2D eigenvalue weighted by Crippen LogP contribution is -2.21. The fourth-order valence-corrected chi connectivity index (χ4v) is 3.04. The first kappa shape index (κ1) is 15.0. The van der Waals surface area contributed by atoms with Crippen LogP contribution in [0, 0.1) is 0 Å². The van der Waals surface area contributed by atoms with Gasteiger partial charge in [-0.3, -0.25) is 0 Å². The molecule has 0 fully saturated rings. The van der Waals surface area contributed by atoms with Crippen molar-refractivity contribution in [2.45, 2.75) is 17.7 Å². The zero-order chi connectivity index (χ0) is 14.4. The quantitative estimate of drug-likeness (QED) is 0.604. The number of rotatable bonds is 6. The van der Waals surface area contributed by atoms with Crippen LogP contribution in [0.15, 0.2) is 41.3 Å². The SMILES string of the molecule is O=C(O)NCCCCSc1ccc2cc(Cl)ccc2c1. The van der Waals surface area contributed by atoms with Crippen molar-refractivity contribution in [2.75, 3.05) is 12.3 Å². The van der Waals surface area contributed by atoms with Gasteiger partial charge in [0, 0.05) is 16.5 Å². The van der Waals surface area contributed by atoms with Gasteiger partial charge in [-0.1, -0.05) is 23.7 Å². The number of benzene rings is 2. The van der Waals surface area contributed by atoms with Gasteiger partial charge in [-0.25, -0.2) is 4.79 Å². The van der Waals surface area contributed by atoms with E-state index in [1.165, 1.54) is 10.3 Å². The topological polar surface area (TPSA) is 49.3 Å². The maximum Gasteiger partial charge on any atom is 0.404 e. The van der Waals surface area contributed by atoms with E-state index in [1.807, 2.05) is 18.2 Å². The highest BCUT2D eigenvalue weighted by molar-refractivity contribution is 7.99. The van der Waals surface area contributed by atoms with Gasteiger partial charge in [0.2, 0.25) is 0 Å². The number of carboxylic acid groups (broad SMARTS) is 1. The smallest absolute Gasteiger partial charge is 0.404 e. The summed E-state index contributed by atoms with van der Waals surface area (Å²) in [4.78, 5) is 11.5. The van der Waals surface area contributed by atoms with Gasteiger partial charge in [0.15, 0.2) is 0 Å². The predicted octanol–water partition coefficient (Wildman–Crippen LogP) is 4.63. The van der Waals surface area contributed by atoms with Crippen LogP contribution in [0.2, 0.25) is 5.02 Å². The summed E-state index contributed by atoms with van der Waals surface area (Å²) >= 11 is 7.75. The van der Waals surface area contributed by atoms with Crippen LogP contribution in [0.3, 0.4) is 0 Å². The Morgan fingerprint density at radius 2 is 1.90 bits per heavy atom. The molecule has 2 aromatic carbocycles. The number of hydrogen-bond donors (Lipinski definition) is 2. The molecule has 1 amide bonds. The number of amides is 1. The van der Waals surface area contributed by atoms with Gasteiger partial charge in [-0.05, 0) is 53.6 Å². The summed E-state index contributed by atoms with van der Waals surface area (Å²) in [7, 11) is 0. The van der Waals surface area contributed by atoms with Crippen LogP contribution in [-0.4, -0.2) is 23.5 Å². The molecule has 0 saturated carbocycles. The van der Waals surface area contributed by atoms with Gasteiger partial charge in [-0.15, -0.1) is 11.8 Å². The maximum atomic E-state index is 10.3. The first-order valence-corrected chi connectivity index (χ1v) is 7.80. The second-order valence-electron chi connectivity index (χ2n) is 4.44. The molecule has 5 heteroatoms. The normalized spacial score (nSPS) is 10.7. The van der Waals surface area contributed by atoms with E-state index in [2.05, 4.69) is 23.5 Å². The molecule has 20 heavy (non-hydrogen) atoms. The van der Waals surface area contributed by atoms with Gasteiger partial charge >= 0.3 is 6.09 Å². The van der Waals surface area contributed by atoms with E-state index in [0.29, 0.717) is 6.54 Å². The van der Waals surface area contributed by atoms with Crippen molar-refractivity contribution < 1.29 is 9.90 Å². The monoisotopic (exact) mass is 309 g/mol. The van der Waals surface area contributed by atoms with Crippen molar-refractivity contribution in [3.63, 3.8) is 0 Å². The Kier molecular flexibility index (Phi) is 5.56. The summed E-state index contributed by atoms with van der Waals surface area (Å²) in [5.41, 5.74) is 0. The van der Waals surface area contributed by atoms with Crippen LogP contribution in [-0.2, 0) is 0 Å². The van der Waals surface area contributed by atoms with Crippen molar-refractivity contribution >= 4 is 40.2 Å². The Morgan fingerprint density at radius 3 is 2.70 bits per heavy atom. The molecule has 0 aliphatic carbocycles. The molecular formula is C15H16ClNO2S. The fraction of sp³-hybridized carbons (Fsp3) is 0.267. The van der Waals surface area contributed by atoms with E-state index in [0.717, 1.165) is 29.0 Å². The third-order valence-electron chi connectivity index (χ3n) is 2.89. The number of fused-ring (bicyclic) bond motifs is 1. The summed E-state index contributed by atoms with van der Waals surface area (Å²) in [6, 6.07) is 12.2. The van der Waals surface area contributed by atoms with Crippen LogP contribution >= 0.6 is 23.4 Å². The molecule has 2 rings (SSSR count). The lowest BCUT2D eigenvalue weighted by atomic mass is 10.1. The van der Waals surface area contributed by atoms with E-state index >= 15 is 0 Å². The van der Waals surface area contributed by atoms with Gasteiger partial charge in [0.25, 0.3) is 0 Å². The van der Waals surface area contributed by atoms with Crippen LogP contribution in [0.5, 0.6) is 0 Å². The highest BCUT2D eigenvalue weighted by Gasteiger charge is 1.99. The zero-order valence-electron chi connectivity index (χ0n) is 10.9. The Bertz CT molecular complexity index is 603. The fourth-order valence-electron chi connectivity index (χ4n) is 1.90. The summed E-state index contributed by atoms with van der Waals surface area (Å²) in [6.07, 6.45) is 0.900. The molecule has 0 aliphatic rings. The Hall–Kier alpha value is -1.39.